The topological polar surface area (TPSA) is 103 Å². The number of carbonyl (C=O) groups is 3. The lowest BCUT2D eigenvalue weighted by Gasteiger charge is -2.14. The molecule has 2 N–H and O–H groups in total. The van der Waals surface area contributed by atoms with Gasteiger partial charge in [-0.1, -0.05) is 30.3 Å². The van der Waals surface area contributed by atoms with Gasteiger partial charge in [0.15, 0.2) is 11.5 Å². The molecule has 0 unspecified atom stereocenters. The number of hydrogen-bond donors (Lipinski definition) is 2. The molecule has 0 fully saturated rings. The fourth-order valence-corrected chi connectivity index (χ4v) is 3.89. The molecular formula is C27H26N2O6S. The summed E-state index contributed by atoms with van der Waals surface area (Å²) in [5, 5.41) is 5.49. The lowest BCUT2D eigenvalue weighted by atomic mass is 10.1. The number of hydrogen-bond acceptors (Lipinski definition) is 7. The monoisotopic (exact) mass is 506 g/mol. The highest BCUT2D eigenvalue weighted by atomic mass is 32.2. The van der Waals surface area contributed by atoms with Gasteiger partial charge in [0, 0.05) is 21.7 Å². The van der Waals surface area contributed by atoms with E-state index in [9.17, 15) is 14.4 Å². The van der Waals surface area contributed by atoms with Crippen LogP contribution < -0.4 is 20.1 Å². The standard InChI is InChI=1S/C27H26N2O6S/c1-33-23-11-7-10-19(25(23)35-3)16-22(29-26(31)18-8-5-4-6-9-18)27(32)28-20-12-14-21(15-13-20)36-17-24(30)34-2/h4-16H,17H2,1-3H3,(H,28,32)(H,29,31)/b22-16-. The number of methoxy groups -OCH3 is 3. The zero-order chi connectivity index (χ0) is 25.9. The van der Waals surface area contributed by atoms with Crippen molar-refractivity contribution >= 4 is 41.3 Å². The van der Waals surface area contributed by atoms with Crippen molar-refractivity contribution in [2.75, 3.05) is 32.4 Å². The molecular weight excluding hydrogens is 480 g/mol. The zero-order valence-corrected chi connectivity index (χ0v) is 20.9. The molecule has 8 nitrogen and oxygen atoms in total. The molecule has 0 radical (unpaired) electrons. The highest BCUT2D eigenvalue weighted by molar-refractivity contribution is 8.00. The van der Waals surface area contributed by atoms with Crippen LogP contribution in [-0.2, 0) is 14.3 Å². The average molecular weight is 507 g/mol. The summed E-state index contributed by atoms with van der Waals surface area (Å²) >= 11 is 1.32. The van der Waals surface area contributed by atoms with Crippen molar-refractivity contribution in [3.05, 3.63) is 89.6 Å². The largest absolute Gasteiger partial charge is 0.493 e. The van der Waals surface area contributed by atoms with E-state index in [1.807, 2.05) is 0 Å². The molecule has 0 heterocycles. The fraction of sp³-hybridized carbons (Fsp3) is 0.148. The lowest BCUT2D eigenvalue weighted by molar-refractivity contribution is -0.137. The summed E-state index contributed by atoms with van der Waals surface area (Å²) in [5.41, 5.74) is 1.48. The van der Waals surface area contributed by atoms with Crippen LogP contribution in [0.25, 0.3) is 6.08 Å². The van der Waals surface area contributed by atoms with Crippen LogP contribution in [0.3, 0.4) is 0 Å². The van der Waals surface area contributed by atoms with Gasteiger partial charge >= 0.3 is 5.97 Å². The predicted octanol–water partition coefficient (Wildman–Crippen LogP) is 4.38. The second-order valence-corrected chi connectivity index (χ2v) is 8.35. The quantitative estimate of drug-likeness (QED) is 0.239. The summed E-state index contributed by atoms with van der Waals surface area (Å²) in [6.45, 7) is 0. The summed E-state index contributed by atoms with van der Waals surface area (Å²) in [6.07, 6.45) is 1.53. The van der Waals surface area contributed by atoms with Gasteiger partial charge in [0.1, 0.15) is 5.70 Å². The number of rotatable bonds is 10. The molecule has 9 heteroatoms. The van der Waals surface area contributed by atoms with E-state index in [1.165, 1.54) is 39.2 Å². The molecule has 186 valence electrons. The molecule has 3 aromatic rings. The predicted molar refractivity (Wildman–Crippen MR) is 139 cm³/mol. The summed E-state index contributed by atoms with van der Waals surface area (Å²) in [5.74, 6) is -0.198. The van der Waals surface area contributed by atoms with E-state index in [1.54, 1.807) is 72.8 Å². The van der Waals surface area contributed by atoms with Gasteiger partial charge in [0.25, 0.3) is 11.8 Å². The number of anilines is 1. The Balaban J connectivity index is 1.86. The molecule has 0 aliphatic carbocycles. The minimum Gasteiger partial charge on any atom is -0.493 e. The molecule has 0 atom stereocenters. The molecule has 36 heavy (non-hydrogen) atoms. The summed E-state index contributed by atoms with van der Waals surface area (Å²) < 4.78 is 15.5. The summed E-state index contributed by atoms with van der Waals surface area (Å²) in [6, 6.07) is 20.8. The Kier molecular flexibility index (Phi) is 9.53. The number of ether oxygens (including phenoxy) is 3. The number of benzene rings is 3. The first-order valence-corrected chi connectivity index (χ1v) is 11.8. The summed E-state index contributed by atoms with van der Waals surface area (Å²) in [4.78, 5) is 38.3. The minimum atomic E-state index is -0.529. The number of amides is 2. The van der Waals surface area contributed by atoms with Gasteiger partial charge < -0.3 is 24.8 Å². The second kappa shape index (κ2) is 13.0. The van der Waals surface area contributed by atoms with Crippen LogP contribution in [0.4, 0.5) is 5.69 Å². The van der Waals surface area contributed by atoms with Gasteiger partial charge in [-0.3, -0.25) is 14.4 Å². The molecule has 0 aliphatic rings. The maximum absolute atomic E-state index is 13.2. The minimum absolute atomic E-state index is 0.0135. The third-order valence-corrected chi connectivity index (χ3v) is 5.94. The maximum Gasteiger partial charge on any atom is 0.315 e. The van der Waals surface area contributed by atoms with Gasteiger partial charge in [0.2, 0.25) is 0 Å². The SMILES string of the molecule is COC(=O)CSc1ccc(NC(=O)/C(=C/c2cccc(OC)c2OC)NC(=O)c2ccccc2)cc1. The Morgan fingerprint density at radius 1 is 0.861 bits per heavy atom. The third kappa shape index (κ3) is 7.13. The molecule has 0 aromatic heterocycles. The van der Waals surface area contributed by atoms with Crippen LogP contribution >= 0.6 is 11.8 Å². The van der Waals surface area contributed by atoms with Gasteiger partial charge in [-0.25, -0.2) is 0 Å². The van der Waals surface area contributed by atoms with E-state index in [-0.39, 0.29) is 17.4 Å². The van der Waals surface area contributed by atoms with Gasteiger partial charge in [-0.05, 0) is 48.5 Å². The van der Waals surface area contributed by atoms with Crippen molar-refractivity contribution in [1.29, 1.82) is 0 Å². The third-order valence-electron chi connectivity index (χ3n) is 4.96. The van der Waals surface area contributed by atoms with Crippen LogP contribution in [0.5, 0.6) is 11.5 Å². The molecule has 0 saturated carbocycles. The molecule has 2 amide bonds. The van der Waals surface area contributed by atoms with Crippen molar-refractivity contribution in [2.45, 2.75) is 4.90 Å². The van der Waals surface area contributed by atoms with Crippen LogP contribution in [0.1, 0.15) is 15.9 Å². The number of carbonyl (C=O) groups excluding carboxylic acids is 3. The first-order valence-electron chi connectivity index (χ1n) is 10.8. The smallest absolute Gasteiger partial charge is 0.315 e. The molecule has 0 saturated heterocycles. The van der Waals surface area contributed by atoms with E-state index >= 15 is 0 Å². The zero-order valence-electron chi connectivity index (χ0n) is 20.1. The van der Waals surface area contributed by atoms with Crippen molar-refractivity contribution in [3.8, 4) is 11.5 Å². The Morgan fingerprint density at radius 3 is 2.22 bits per heavy atom. The number of esters is 1. The maximum atomic E-state index is 13.2. The van der Waals surface area contributed by atoms with E-state index in [0.717, 1.165) is 4.90 Å². The molecule has 0 spiro atoms. The molecule has 0 aliphatic heterocycles. The van der Waals surface area contributed by atoms with Gasteiger partial charge in [-0.2, -0.15) is 0 Å². The van der Waals surface area contributed by atoms with E-state index in [4.69, 9.17) is 9.47 Å². The highest BCUT2D eigenvalue weighted by Gasteiger charge is 2.17. The first kappa shape index (κ1) is 26.4. The number of thioether (sulfide) groups is 1. The number of para-hydroxylation sites is 1. The van der Waals surface area contributed by atoms with Crippen LogP contribution in [0, 0.1) is 0 Å². The van der Waals surface area contributed by atoms with Crippen molar-refractivity contribution < 1.29 is 28.6 Å². The Labute approximate surface area is 213 Å². The molecule has 3 aromatic carbocycles. The second-order valence-electron chi connectivity index (χ2n) is 7.30. The van der Waals surface area contributed by atoms with Crippen LogP contribution in [0.15, 0.2) is 83.4 Å². The van der Waals surface area contributed by atoms with Crippen LogP contribution in [-0.4, -0.2) is 44.9 Å². The average Bonchev–Trinajstić information content (AvgIpc) is 2.92. The van der Waals surface area contributed by atoms with Crippen molar-refractivity contribution in [3.63, 3.8) is 0 Å². The fourth-order valence-electron chi connectivity index (χ4n) is 3.16. The van der Waals surface area contributed by atoms with E-state index < -0.39 is 11.8 Å². The van der Waals surface area contributed by atoms with Crippen molar-refractivity contribution in [2.24, 2.45) is 0 Å². The lowest BCUT2D eigenvalue weighted by Crippen LogP contribution is -2.30. The Morgan fingerprint density at radius 2 is 1.58 bits per heavy atom. The van der Waals surface area contributed by atoms with Crippen molar-refractivity contribution in [1.82, 2.24) is 5.32 Å². The summed E-state index contributed by atoms with van der Waals surface area (Å²) in [7, 11) is 4.35. The van der Waals surface area contributed by atoms with Gasteiger partial charge in [0.05, 0.1) is 27.1 Å². The van der Waals surface area contributed by atoms with Gasteiger partial charge in [-0.15, -0.1) is 11.8 Å². The van der Waals surface area contributed by atoms with E-state index in [0.29, 0.717) is 28.3 Å². The van der Waals surface area contributed by atoms with Crippen LogP contribution in [0.2, 0.25) is 0 Å². The highest BCUT2D eigenvalue weighted by Crippen LogP contribution is 2.32. The Hall–Kier alpha value is -4.24. The molecule has 3 rings (SSSR count). The molecule has 0 bridgehead atoms. The number of nitrogens with one attached hydrogen (secondary N) is 2. The Bertz CT molecular complexity index is 1240. The normalized spacial score (nSPS) is 10.8. The first-order chi connectivity index (χ1) is 17.4. The van der Waals surface area contributed by atoms with E-state index in [2.05, 4.69) is 15.4 Å².